The number of hydrogen-bond acceptors (Lipinski definition) is 6. The summed E-state index contributed by atoms with van der Waals surface area (Å²) in [5, 5.41) is 0. The third-order valence-electron chi connectivity index (χ3n) is 10.1. The fourth-order valence-corrected chi connectivity index (χ4v) is 6.32. The largest absolute Gasteiger partial charge is 0.462 e. The minimum absolute atomic E-state index is 0.0833. The fourth-order valence-electron chi connectivity index (χ4n) is 6.32. The van der Waals surface area contributed by atoms with Crippen LogP contribution in [0.15, 0.2) is 146 Å². The van der Waals surface area contributed by atoms with Gasteiger partial charge in [0.25, 0.3) is 0 Å². The van der Waals surface area contributed by atoms with Gasteiger partial charge in [0.2, 0.25) is 0 Å². The zero-order valence-electron chi connectivity index (χ0n) is 41.9. The maximum Gasteiger partial charge on any atom is 0.310 e. The number of hydrogen-bond donors (Lipinski definition) is 0. The molecule has 1 atom stereocenters. The van der Waals surface area contributed by atoms with Crippen molar-refractivity contribution < 1.29 is 28.6 Å². The molecule has 0 aliphatic rings. The van der Waals surface area contributed by atoms with E-state index in [2.05, 4.69) is 154 Å². The van der Waals surface area contributed by atoms with Crippen molar-refractivity contribution in [2.75, 3.05) is 13.2 Å². The predicted molar refractivity (Wildman–Crippen MR) is 283 cm³/mol. The topological polar surface area (TPSA) is 78.9 Å². The van der Waals surface area contributed by atoms with Crippen LogP contribution in [-0.2, 0) is 28.6 Å². The van der Waals surface area contributed by atoms with Gasteiger partial charge in [-0.3, -0.25) is 14.4 Å². The molecular formula is C60H92O6. The van der Waals surface area contributed by atoms with Gasteiger partial charge in [-0.05, 0) is 103 Å². The number of esters is 3. The number of rotatable bonds is 44. The van der Waals surface area contributed by atoms with Crippen LogP contribution in [0.5, 0.6) is 0 Å². The van der Waals surface area contributed by atoms with Crippen LogP contribution in [0.4, 0.5) is 0 Å². The molecule has 0 aromatic heterocycles. The molecule has 0 aliphatic heterocycles. The third-order valence-corrected chi connectivity index (χ3v) is 10.1. The lowest BCUT2D eigenvalue weighted by molar-refractivity contribution is -0.166. The first-order chi connectivity index (χ1) is 32.5. The van der Waals surface area contributed by atoms with Crippen molar-refractivity contribution in [2.24, 2.45) is 0 Å². The average Bonchev–Trinajstić information content (AvgIpc) is 3.31. The fraction of sp³-hybridized carbons (Fsp3) is 0.550. The van der Waals surface area contributed by atoms with E-state index in [1.54, 1.807) is 6.08 Å². The molecule has 0 saturated heterocycles. The summed E-state index contributed by atoms with van der Waals surface area (Å²) in [6.07, 6.45) is 75.9. The lowest BCUT2D eigenvalue weighted by Gasteiger charge is -2.18. The first-order valence-corrected chi connectivity index (χ1v) is 25.8. The van der Waals surface area contributed by atoms with Gasteiger partial charge in [0.1, 0.15) is 13.2 Å². The molecule has 0 fully saturated rings. The van der Waals surface area contributed by atoms with E-state index in [0.29, 0.717) is 19.3 Å². The second kappa shape index (κ2) is 52.9. The van der Waals surface area contributed by atoms with E-state index in [4.69, 9.17) is 14.2 Å². The lowest BCUT2D eigenvalue weighted by atomic mass is 10.1. The Bertz CT molecular complexity index is 1510. The number of ether oxygens (including phenoxy) is 3. The van der Waals surface area contributed by atoms with Gasteiger partial charge in [0, 0.05) is 12.8 Å². The number of unbranched alkanes of at least 4 members (excludes halogenated alkanes) is 10. The Labute approximate surface area is 404 Å². The van der Waals surface area contributed by atoms with Gasteiger partial charge in [-0.15, -0.1) is 0 Å². The standard InChI is InChI=1S/C60H92O6/c1-4-7-10-13-16-19-21-23-25-26-27-28-29-30-31-32-33-34-36-37-39-41-44-47-50-53-59(62)65-56-57(55-64-58(61)52-49-46-43-18-15-12-9-6-3)66-60(63)54-51-48-45-42-40-38-35-24-22-20-17-14-11-8-5-2/h7-8,10-11,16-17,19-20,23-25,27-28,30-31,33-35,37,39-40,42,48,51,57H,4-6,9,12-15,18,21-22,26,29,32,36,38,41,43-47,49-50,52-56H2,1-3H3/b10-7-,11-8-,19-16-,20-17-,25-23-,28-27-,31-30-,34-33-,35-24-,39-37-,42-40-,51-48-. The van der Waals surface area contributed by atoms with Gasteiger partial charge >= 0.3 is 17.9 Å². The molecule has 0 spiro atoms. The molecule has 0 aliphatic carbocycles. The minimum Gasteiger partial charge on any atom is -0.462 e. The Morgan fingerprint density at radius 2 is 0.636 bits per heavy atom. The quantitative estimate of drug-likeness (QED) is 0.0262. The molecule has 0 aromatic carbocycles. The van der Waals surface area contributed by atoms with E-state index in [-0.39, 0.29) is 31.6 Å². The van der Waals surface area contributed by atoms with Crippen molar-refractivity contribution in [3.63, 3.8) is 0 Å². The summed E-state index contributed by atoms with van der Waals surface area (Å²) in [6, 6.07) is 0. The summed E-state index contributed by atoms with van der Waals surface area (Å²) < 4.78 is 16.6. The Hall–Kier alpha value is -4.71. The van der Waals surface area contributed by atoms with Crippen LogP contribution in [0.1, 0.15) is 194 Å². The van der Waals surface area contributed by atoms with E-state index in [1.165, 1.54) is 32.1 Å². The summed E-state index contributed by atoms with van der Waals surface area (Å²) in [4.78, 5) is 37.8. The molecule has 0 aromatic rings. The zero-order chi connectivity index (χ0) is 47.9. The summed E-state index contributed by atoms with van der Waals surface area (Å²) in [6.45, 7) is 6.23. The second-order valence-corrected chi connectivity index (χ2v) is 16.3. The van der Waals surface area contributed by atoms with Crippen LogP contribution >= 0.6 is 0 Å². The molecule has 6 heteroatoms. The van der Waals surface area contributed by atoms with Crippen LogP contribution in [0.3, 0.4) is 0 Å². The van der Waals surface area contributed by atoms with Gasteiger partial charge in [0.15, 0.2) is 6.10 Å². The normalized spacial score (nSPS) is 13.3. The highest BCUT2D eigenvalue weighted by Crippen LogP contribution is 2.11. The van der Waals surface area contributed by atoms with Crippen molar-refractivity contribution in [1.82, 2.24) is 0 Å². The summed E-state index contributed by atoms with van der Waals surface area (Å²) in [5.41, 5.74) is 0. The highest BCUT2D eigenvalue weighted by Gasteiger charge is 2.19. The molecular weight excluding hydrogens is 817 g/mol. The maximum atomic E-state index is 12.7. The summed E-state index contributed by atoms with van der Waals surface area (Å²) in [5.74, 6) is -1.12. The molecule has 0 rings (SSSR count). The van der Waals surface area contributed by atoms with Crippen LogP contribution in [0.25, 0.3) is 0 Å². The summed E-state index contributed by atoms with van der Waals surface area (Å²) >= 11 is 0. The van der Waals surface area contributed by atoms with Gasteiger partial charge in [0.05, 0.1) is 6.42 Å². The van der Waals surface area contributed by atoms with Crippen molar-refractivity contribution in [3.8, 4) is 0 Å². The van der Waals surface area contributed by atoms with Crippen LogP contribution in [0, 0.1) is 0 Å². The van der Waals surface area contributed by atoms with Crippen molar-refractivity contribution in [2.45, 2.75) is 200 Å². The molecule has 0 heterocycles. The van der Waals surface area contributed by atoms with Gasteiger partial charge in [-0.25, -0.2) is 0 Å². The smallest absolute Gasteiger partial charge is 0.310 e. The van der Waals surface area contributed by atoms with Gasteiger partial charge in [-0.1, -0.05) is 218 Å². The van der Waals surface area contributed by atoms with Crippen LogP contribution < -0.4 is 0 Å². The van der Waals surface area contributed by atoms with E-state index < -0.39 is 12.1 Å². The molecule has 66 heavy (non-hydrogen) atoms. The molecule has 0 amide bonds. The summed E-state index contributed by atoms with van der Waals surface area (Å²) in [7, 11) is 0. The van der Waals surface area contributed by atoms with Gasteiger partial charge in [-0.2, -0.15) is 0 Å². The van der Waals surface area contributed by atoms with E-state index in [0.717, 1.165) is 116 Å². The Kier molecular flexibility index (Phi) is 49.1. The van der Waals surface area contributed by atoms with Crippen LogP contribution in [-0.4, -0.2) is 37.2 Å². The maximum absolute atomic E-state index is 12.7. The van der Waals surface area contributed by atoms with E-state index in [9.17, 15) is 14.4 Å². The molecule has 0 bridgehead atoms. The monoisotopic (exact) mass is 909 g/mol. The molecule has 1 unspecified atom stereocenters. The number of allylic oxidation sites excluding steroid dienone is 23. The van der Waals surface area contributed by atoms with Gasteiger partial charge < -0.3 is 14.2 Å². The Morgan fingerprint density at radius 3 is 1.00 bits per heavy atom. The molecule has 6 nitrogen and oxygen atoms in total. The van der Waals surface area contributed by atoms with Crippen molar-refractivity contribution in [1.29, 1.82) is 0 Å². The van der Waals surface area contributed by atoms with E-state index in [1.807, 2.05) is 6.08 Å². The average molecular weight is 909 g/mol. The number of carbonyl (C=O) groups excluding carboxylic acids is 3. The SMILES string of the molecule is CC/C=C\C/C=C\C/C=C\C/C=C\C/C=C\C/C=C\C/C=C\CCCCCC(=O)OCC(COC(=O)CCCCCCCCCC)OC(=O)C/C=C\C/C=C\C/C=C\C/C=C\C/C=C\CC. The van der Waals surface area contributed by atoms with Crippen molar-refractivity contribution >= 4 is 17.9 Å². The highest BCUT2D eigenvalue weighted by atomic mass is 16.6. The molecule has 368 valence electrons. The Morgan fingerprint density at radius 1 is 0.333 bits per heavy atom. The van der Waals surface area contributed by atoms with Crippen molar-refractivity contribution in [3.05, 3.63) is 146 Å². The number of carbonyl (C=O) groups is 3. The first kappa shape index (κ1) is 61.3. The first-order valence-electron chi connectivity index (χ1n) is 25.8. The van der Waals surface area contributed by atoms with E-state index >= 15 is 0 Å². The predicted octanol–water partition coefficient (Wildman–Crippen LogP) is 17.3. The highest BCUT2D eigenvalue weighted by molar-refractivity contribution is 5.72. The molecule has 0 saturated carbocycles. The Balaban J connectivity index is 4.46. The zero-order valence-corrected chi connectivity index (χ0v) is 41.9. The third kappa shape index (κ3) is 50.3. The lowest BCUT2D eigenvalue weighted by Crippen LogP contribution is -2.30. The molecule has 0 N–H and O–H groups in total. The molecule has 0 radical (unpaired) electrons. The second-order valence-electron chi connectivity index (χ2n) is 16.3. The minimum atomic E-state index is -0.849. The van der Waals surface area contributed by atoms with Crippen LogP contribution in [0.2, 0.25) is 0 Å².